The molecule has 5 nitrogen and oxygen atoms in total. The van der Waals surface area contributed by atoms with Crippen LogP contribution in [0.4, 0.5) is 10.1 Å². The Balaban J connectivity index is 1.28. The van der Waals surface area contributed by atoms with Crippen LogP contribution in [-0.4, -0.2) is 61.4 Å². The van der Waals surface area contributed by atoms with Gasteiger partial charge in [-0.25, -0.2) is 4.39 Å². The fourth-order valence-electron chi connectivity index (χ4n) is 6.31. The Hall–Kier alpha value is -2.93. The SMILES string of the molecule is CC(=O)N1CC2(CCN(CCC(CN(C)C(=O)c3ccccc3)c3ccc(Cl)c(Cl)c3)CC2)c2c(F)cccc21. The second kappa shape index (κ2) is 11.9. The molecule has 1 saturated heterocycles. The quantitative estimate of drug-likeness (QED) is 0.309. The number of benzene rings is 3. The predicted octanol–water partition coefficient (Wildman–Crippen LogP) is 6.78. The molecule has 210 valence electrons. The van der Waals surface area contributed by atoms with E-state index in [4.69, 9.17) is 23.2 Å². The van der Waals surface area contributed by atoms with Crippen LogP contribution in [0.3, 0.4) is 0 Å². The van der Waals surface area contributed by atoms with Crippen molar-refractivity contribution >= 4 is 40.7 Å². The number of carbonyl (C=O) groups is 2. The molecule has 2 aliphatic heterocycles. The molecule has 1 atom stereocenters. The number of anilines is 1. The molecule has 0 N–H and O–H groups in total. The maximum atomic E-state index is 15.1. The molecule has 1 unspecified atom stereocenters. The molecule has 8 heteroatoms. The van der Waals surface area contributed by atoms with Crippen molar-refractivity contribution in [2.24, 2.45) is 0 Å². The Bertz CT molecular complexity index is 1390. The average molecular weight is 583 g/mol. The van der Waals surface area contributed by atoms with Crippen molar-refractivity contribution in [3.8, 4) is 0 Å². The van der Waals surface area contributed by atoms with Gasteiger partial charge in [0.15, 0.2) is 0 Å². The van der Waals surface area contributed by atoms with Crippen molar-refractivity contribution in [1.29, 1.82) is 0 Å². The zero-order valence-electron chi connectivity index (χ0n) is 22.9. The smallest absolute Gasteiger partial charge is 0.253 e. The van der Waals surface area contributed by atoms with Gasteiger partial charge < -0.3 is 14.7 Å². The Morgan fingerprint density at radius 1 is 1.00 bits per heavy atom. The molecule has 0 aromatic heterocycles. The number of amides is 2. The van der Waals surface area contributed by atoms with Crippen LogP contribution in [0, 0.1) is 5.82 Å². The molecule has 5 rings (SSSR count). The molecule has 0 bridgehead atoms. The number of piperidine rings is 1. The van der Waals surface area contributed by atoms with Crippen molar-refractivity contribution < 1.29 is 14.0 Å². The summed E-state index contributed by atoms with van der Waals surface area (Å²) in [6.07, 6.45) is 2.39. The van der Waals surface area contributed by atoms with Gasteiger partial charge in [0, 0.05) is 49.5 Å². The molecule has 3 aromatic carbocycles. The van der Waals surface area contributed by atoms with Crippen LogP contribution < -0.4 is 4.90 Å². The number of nitrogens with zero attached hydrogens (tertiary/aromatic N) is 3. The van der Waals surface area contributed by atoms with Crippen molar-refractivity contribution in [1.82, 2.24) is 9.80 Å². The minimum atomic E-state index is -0.353. The van der Waals surface area contributed by atoms with E-state index in [-0.39, 0.29) is 29.0 Å². The highest BCUT2D eigenvalue weighted by molar-refractivity contribution is 6.42. The molecule has 1 fully saturated rings. The second-order valence-electron chi connectivity index (χ2n) is 11.1. The van der Waals surface area contributed by atoms with E-state index in [0.717, 1.165) is 44.5 Å². The van der Waals surface area contributed by atoms with Gasteiger partial charge in [-0.2, -0.15) is 0 Å². The summed E-state index contributed by atoms with van der Waals surface area (Å²) in [5.74, 6) is -0.242. The van der Waals surface area contributed by atoms with E-state index >= 15 is 4.39 Å². The minimum absolute atomic E-state index is 0.0254. The molecule has 0 aliphatic carbocycles. The summed E-state index contributed by atoms with van der Waals surface area (Å²) >= 11 is 12.6. The highest BCUT2D eigenvalue weighted by Crippen LogP contribution is 2.48. The number of likely N-dealkylation sites (N-methyl/N-ethyl adjacent to an activating group) is 1. The first-order chi connectivity index (χ1) is 19.2. The van der Waals surface area contributed by atoms with Gasteiger partial charge in [0.2, 0.25) is 5.91 Å². The highest BCUT2D eigenvalue weighted by atomic mass is 35.5. The summed E-state index contributed by atoms with van der Waals surface area (Å²) < 4.78 is 15.1. The number of likely N-dealkylation sites (tertiary alicyclic amines) is 1. The zero-order valence-corrected chi connectivity index (χ0v) is 24.4. The van der Waals surface area contributed by atoms with Crippen LogP contribution >= 0.6 is 23.2 Å². The van der Waals surface area contributed by atoms with Crippen molar-refractivity contribution in [2.45, 2.75) is 37.5 Å². The van der Waals surface area contributed by atoms with E-state index in [1.165, 1.54) is 6.07 Å². The molecule has 40 heavy (non-hydrogen) atoms. The summed E-state index contributed by atoms with van der Waals surface area (Å²) in [6, 6.07) is 20.0. The van der Waals surface area contributed by atoms with Crippen LogP contribution in [0.2, 0.25) is 10.0 Å². The third-order valence-electron chi connectivity index (χ3n) is 8.54. The summed E-state index contributed by atoms with van der Waals surface area (Å²) in [6.45, 7) is 5.07. The van der Waals surface area contributed by atoms with Crippen LogP contribution in [0.1, 0.15) is 53.6 Å². The minimum Gasteiger partial charge on any atom is -0.341 e. The van der Waals surface area contributed by atoms with Gasteiger partial charge in [0.05, 0.1) is 15.7 Å². The normalized spacial score (nSPS) is 17.1. The van der Waals surface area contributed by atoms with Crippen LogP contribution in [0.5, 0.6) is 0 Å². The first-order valence-electron chi connectivity index (χ1n) is 13.7. The molecule has 2 amide bonds. The van der Waals surface area contributed by atoms with E-state index in [0.29, 0.717) is 39.9 Å². The Kier molecular flexibility index (Phi) is 8.50. The molecular weight excluding hydrogens is 548 g/mol. The highest BCUT2D eigenvalue weighted by Gasteiger charge is 2.47. The van der Waals surface area contributed by atoms with Gasteiger partial charge in [-0.05, 0) is 80.9 Å². The van der Waals surface area contributed by atoms with Gasteiger partial charge >= 0.3 is 0 Å². The van der Waals surface area contributed by atoms with Crippen LogP contribution in [0.15, 0.2) is 66.7 Å². The Labute approximate surface area is 245 Å². The molecule has 2 aliphatic rings. The van der Waals surface area contributed by atoms with Crippen molar-refractivity contribution in [3.63, 3.8) is 0 Å². The third-order valence-corrected chi connectivity index (χ3v) is 9.28. The van der Waals surface area contributed by atoms with E-state index in [9.17, 15) is 9.59 Å². The fraction of sp³-hybridized carbons (Fsp3) is 0.375. The fourth-order valence-corrected chi connectivity index (χ4v) is 6.61. The maximum Gasteiger partial charge on any atom is 0.253 e. The molecule has 1 spiro atoms. The van der Waals surface area contributed by atoms with Gasteiger partial charge in [-0.1, -0.05) is 53.5 Å². The number of hydrogen-bond acceptors (Lipinski definition) is 3. The molecule has 3 aromatic rings. The van der Waals surface area contributed by atoms with Gasteiger partial charge in [0.25, 0.3) is 5.91 Å². The number of fused-ring (bicyclic) bond motifs is 2. The number of halogens is 3. The molecular formula is C32H34Cl2FN3O2. The van der Waals surface area contributed by atoms with E-state index in [2.05, 4.69) is 4.90 Å². The topological polar surface area (TPSA) is 43.9 Å². The molecule has 0 radical (unpaired) electrons. The van der Waals surface area contributed by atoms with Gasteiger partial charge in [-0.15, -0.1) is 0 Å². The molecule has 2 heterocycles. The van der Waals surface area contributed by atoms with E-state index in [1.54, 1.807) is 22.8 Å². The van der Waals surface area contributed by atoms with Crippen LogP contribution in [-0.2, 0) is 10.2 Å². The third kappa shape index (κ3) is 5.76. The monoisotopic (exact) mass is 581 g/mol. The lowest BCUT2D eigenvalue weighted by atomic mass is 9.74. The summed E-state index contributed by atoms with van der Waals surface area (Å²) in [5.41, 5.74) is 2.75. The lowest BCUT2D eigenvalue weighted by molar-refractivity contribution is -0.116. The van der Waals surface area contributed by atoms with Gasteiger partial charge in [0.1, 0.15) is 5.82 Å². The summed E-state index contributed by atoms with van der Waals surface area (Å²) in [4.78, 5) is 31.3. The van der Waals surface area contributed by atoms with E-state index < -0.39 is 0 Å². The Morgan fingerprint density at radius 2 is 1.73 bits per heavy atom. The first-order valence-corrected chi connectivity index (χ1v) is 14.5. The number of carbonyl (C=O) groups excluding carboxylic acids is 2. The average Bonchev–Trinajstić information content (AvgIpc) is 3.28. The number of rotatable bonds is 7. The van der Waals surface area contributed by atoms with Crippen LogP contribution in [0.25, 0.3) is 0 Å². The van der Waals surface area contributed by atoms with Crippen molar-refractivity contribution in [3.05, 3.63) is 99.3 Å². The lowest BCUT2D eigenvalue weighted by Crippen LogP contribution is -2.46. The van der Waals surface area contributed by atoms with Crippen molar-refractivity contribution in [2.75, 3.05) is 44.7 Å². The summed E-state index contributed by atoms with van der Waals surface area (Å²) in [5, 5.41) is 1.00. The maximum absolute atomic E-state index is 15.1. The van der Waals surface area contributed by atoms with E-state index in [1.807, 2.05) is 61.6 Å². The first kappa shape index (κ1) is 28.6. The Morgan fingerprint density at radius 3 is 2.40 bits per heavy atom. The standard InChI is InChI=1S/C32H34Cl2FN3O2/c1-22(39)38-21-32(30-28(35)9-6-10-29(30)38)14-17-37(18-15-32)16-13-25(24-11-12-26(33)27(34)19-24)20-36(2)31(40)23-7-4-3-5-8-23/h3-12,19,25H,13-18,20-21H2,1-2H3. The lowest BCUT2D eigenvalue weighted by Gasteiger charge is -2.40. The molecule has 0 saturated carbocycles. The van der Waals surface area contributed by atoms with Gasteiger partial charge in [-0.3, -0.25) is 9.59 Å². The predicted molar refractivity (Wildman–Crippen MR) is 159 cm³/mol. The second-order valence-corrected chi connectivity index (χ2v) is 11.9. The number of hydrogen-bond donors (Lipinski definition) is 0. The largest absolute Gasteiger partial charge is 0.341 e. The summed E-state index contributed by atoms with van der Waals surface area (Å²) in [7, 11) is 1.83. The zero-order chi connectivity index (χ0) is 28.4.